The van der Waals surface area contributed by atoms with Crippen LogP contribution in [0.4, 0.5) is 0 Å². The molecule has 0 fully saturated rings. The summed E-state index contributed by atoms with van der Waals surface area (Å²) in [4.78, 5) is 34.4. The van der Waals surface area contributed by atoms with E-state index in [2.05, 4.69) is 0 Å². The van der Waals surface area contributed by atoms with E-state index in [1.54, 1.807) is 0 Å². The number of ketones is 1. The van der Waals surface area contributed by atoms with Crippen LogP contribution in [0.3, 0.4) is 0 Å². The molecule has 0 aliphatic heterocycles. The van der Waals surface area contributed by atoms with Crippen LogP contribution < -0.4 is 4.89 Å². The predicted octanol–water partition coefficient (Wildman–Crippen LogP) is 0.415. The van der Waals surface area contributed by atoms with Crippen LogP contribution in [0.15, 0.2) is 0 Å². The van der Waals surface area contributed by atoms with Crippen molar-refractivity contribution < 1.29 is 42.8 Å². The lowest BCUT2D eigenvalue weighted by Gasteiger charge is -2.30. The molecule has 9 nitrogen and oxygen atoms in total. The molecule has 0 amide bonds. The molecule has 27 heavy (non-hydrogen) atoms. The minimum Gasteiger partial charge on any atom is -0.756 e. The molecule has 0 radical (unpaired) electrons. The molecule has 2 N–H and O–H groups in total. The minimum absolute atomic E-state index is 0.0221. The van der Waals surface area contributed by atoms with E-state index in [1.165, 1.54) is 0 Å². The first-order valence-corrected chi connectivity index (χ1v) is 10.7. The molecule has 0 aromatic heterocycles. The van der Waals surface area contributed by atoms with E-state index < -0.39 is 32.4 Å². The number of likely N-dealkylation sites (N-methyl/N-ethyl adjacent to an activating group) is 1. The van der Waals surface area contributed by atoms with Crippen LogP contribution in [0.5, 0.6) is 0 Å². The first-order valence-electron chi connectivity index (χ1n) is 9.22. The minimum atomic E-state index is -4.80. The van der Waals surface area contributed by atoms with E-state index in [1.807, 2.05) is 21.1 Å². The lowest BCUT2D eigenvalue weighted by molar-refractivity contribution is -0.870. The third-order valence-corrected chi connectivity index (χ3v) is 4.84. The van der Waals surface area contributed by atoms with Gasteiger partial charge >= 0.3 is 0 Å². The molecule has 0 bridgehead atoms. The van der Waals surface area contributed by atoms with Gasteiger partial charge in [-0.25, -0.2) is 0 Å². The Morgan fingerprint density at radius 1 is 1.19 bits per heavy atom. The highest BCUT2D eigenvalue weighted by Gasteiger charge is 2.31. The fraction of sp³-hybridized carbons (Fsp3) is 0.882. The number of aldehydes is 1. The molecule has 0 aromatic carbocycles. The Morgan fingerprint density at radius 3 is 2.33 bits per heavy atom. The second-order valence-corrected chi connectivity index (χ2v) is 8.87. The number of aliphatic hydroxyl groups excluding tert-OH is 2. The van der Waals surface area contributed by atoms with Crippen LogP contribution >= 0.6 is 7.82 Å². The summed E-state index contributed by atoms with van der Waals surface area (Å²) in [6.07, 6.45) is 1.85. The molecule has 0 aliphatic rings. The van der Waals surface area contributed by atoms with Crippen LogP contribution in [0, 0.1) is 0 Å². The normalized spacial score (nSPS) is 16.5. The maximum Gasteiger partial charge on any atom is 0.268 e. The zero-order chi connectivity index (χ0) is 20.9. The number of rotatable bonds is 17. The van der Waals surface area contributed by atoms with E-state index >= 15 is 0 Å². The maximum atomic E-state index is 12.2. The van der Waals surface area contributed by atoms with Gasteiger partial charge in [0.15, 0.2) is 11.9 Å². The highest BCUT2D eigenvalue weighted by molar-refractivity contribution is 7.45. The molecular formula is C17H34NO8P. The van der Waals surface area contributed by atoms with Crippen molar-refractivity contribution in [2.24, 2.45) is 0 Å². The van der Waals surface area contributed by atoms with Gasteiger partial charge in [0.05, 0.1) is 27.7 Å². The van der Waals surface area contributed by atoms with Crippen molar-refractivity contribution in [1.29, 1.82) is 0 Å². The van der Waals surface area contributed by atoms with E-state index in [4.69, 9.17) is 14.2 Å². The number of phosphoric ester groups is 1. The number of phosphoric acid groups is 1. The molecule has 10 heteroatoms. The Balaban J connectivity index is 4.48. The van der Waals surface area contributed by atoms with Gasteiger partial charge < -0.3 is 33.4 Å². The molecule has 160 valence electrons. The fourth-order valence-corrected chi connectivity index (χ4v) is 3.14. The van der Waals surface area contributed by atoms with Gasteiger partial charge in [0.1, 0.15) is 25.5 Å². The van der Waals surface area contributed by atoms with Crippen molar-refractivity contribution in [3.8, 4) is 0 Å². The zero-order valence-corrected chi connectivity index (χ0v) is 17.4. The Morgan fingerprint density at radius 2 is 1.78 bits per heavy atom. The molecular weight excluding hydrogens is 377 g/mol. The quantitative estimate of drug-likeness (QED) is 0.152. The summed E-state index contributed by atoms with van der Waals surface area (Å²) in [5, 5.41) is 18.8. The number of carbonyl (C=O) groups excluding carboxylic acids is 2. The van der Waals surface area contributed by atoms with Crippen molar-refractivity contribution in [3.63, 3.8) is 0 Å². The number of carbonyl (C=O) groups is 2. The molecule has 0 saturated heterocycles. The van der Waals surface area contributed by atoms with E-state index in [-0.39, 0.29) is 13.0 Å². The van der Waals surface area contributed by atoms with Gasteiger partial charge in [0, 0.05) is 12.8 Å². The molecule has 0 spiro atoms. The zero-order valence-electron chi connectivity index (χ0n) is 16.5. The fourth-order valence-electron chi connectivity index (χ4n) is 2.23. The monoisotopic (exact) mass is 411 g/mol. The lowest BCUT2D eigenvalue weighted by atomic mass is 10.0. The summed E-state index contributed by atoms with van der Waals surface area (Å²) in [6, 6.07) is 0. The SMILES string of the molecule is C[N+](C)(C)CCOP(=O)([O-])OC(C(=O)CCCCCCCC=O)[C@@H](O)CO. The van der Waals surface area contributed by atoms with Crippen molar-refractivity contribution in [2.75, 3.05) is 40.9 Å². The third-order valence-electron chi connectivity index (χ3n) is 3.85. The summed E-state index contributed by atoms with van der Waals surface area (Å²) in [6.45, 7) is -0.525. The van der Waals surface area contributed by atoms with E-state index in [0.717, 1.165) is 32.0 Å². The predicted molar refractivity (Wildman–Crippen MR) is 97.8 cm³/mol. The molecule has 0 aliphatic carbocycles. The molecule has 0 aromatic rings. The first kappa shape index (κ1) is 26.3. The summed E-state index contributed by atoms with van der Waals surface area (Å²) >= 11 is 0. The van der Waals surface area contributed by atoms with E-state index in [0.29, 0.717) is 23.9 Å². The summed E-state index contributed by atoms with van der Waals surface area (Å²) in [7, 11) is 0.787. The van der Waals surface area contributed by atoms with E-state index in [9.17, 15) is 24.2 Å². The molecule has 0 saturated carbocycles. The molecule has 3 atom stereocenters. The van der Waals surface area contributed by atoms with Crippen molar-refractivity contribution in [3.05, 3.63) is 0 Å². The Kier molecular flexibility index (Phi) is 13.2. The van der Waals surface area contributed by atoms with Crippen molar-refractivity contribution in [2.45, 2.75) is 57.2 Å². The van der Waals surface area contributed by atoms with Gasteiger partial charge in [-0.3, -0.25) is 9.36 Å². The number of aliphatic hydroxyl groups is 2. The van der Waals surface area contributed by atoms with Crippen molar-refractivity contribution in [1.82, 2.24) is 0 Å². The van der Waals surface area contributed by atoms with Crippen LogP contribution in [0.1, 0.15) is 44.9 Å². The molecule has 2 unspecified atom stereocenters. The maximum absolute atomic E-state index is 12.2. The van der Waals surface area contributed by atoms with Gasteiger partial charge in [-0.15, -0.1) is 0 Å². The summed E-state index contributed by atoms with van der Waals surface area (Å²) in [5.74, 6) is -0.601. The number of quaternary nitrogens is 1. The van der Waals surface area contributed by atoms with Gasteiger partial charge in [-0.05, 0) is 12.8 Å². The molecule has 0 rings (SSSR count). The first-order chi connectivity index (χ1) is 12.5. The van der Waals surface area contributed by atoms with Crippen LogP contribution in [-0.2, 0) is 23.2 Å². The number of hydrogen-bond donors (Lipinski definition) is 2. The number of hydrogen-bond acceptors (Lipinski definition) is 8. The average Bonchev–Trinajstić information content (AvgIpc) is 2.56. The Labute approximate surface area is 161 Å². The largest absolute Gasteiger partial charge is 0.756 e. The van der Waals surface area contributed by atoms with Crippen LogP contribution in [-0.4, -0.2) is 79.9 Å². The highest BCUT2D eigenvalue weighted by atomic mass is 31.2. The average molecular weight is 411 g/mol. The van der Waals surface area contributed by atoms with Gasteiger partial charge in [0.2, 0.25) is 0 Å². The highest BCUT2D eigenvalue weighted by Crippen LogP contribution is 2.40. The number of unbranched alkanes of at least 4 members (excludes halogenated alkanes) is 5. The summed E-state index contributed by atoms with van der Waals surface area (Å²) < 4.78 is 21.9. The van der Waals surface area contributed by atoms with Crippen LogP contribution in [0.25, 0.3) is 0 Å². The van der Waals surface area contributed by atoms with Gasteiger partial charge in [-0.2, -0.15) is 0 Å². The Hall–Kier alpha value is -0.670. The second-order valence-electron chi connectivity index (χ2n) is 7.51. The molecule has 0 heterocycles. The Bertz CT molecular complexity index is 480. The topological polar surface area (TPSA) is 133 Å². The third kappa shape index (κ3) is 14.0. The second kappa shape index (κ2) is 13.5. The standard InChI is InChI=1S/C17H34NO8P/c1-18(2,3)11-13-25-27(23,24)26-17(16(22)14-20)15(21)10-8-6-4-5-7-9-12-19/h12,16-17,20,22H,4-11,13-14H2,1-3H3/t16-,17?/m0/s1. The van der Waals surface area contributed by atoms with Gasteiger partial charge in [-0.1, -0.05) is 19.3 Å². The smallest absolute Gasteiger partial charge is 0.268 e. The number of Topliss-reactive ketones (excluding diaryl/α,β-unsaturated/α-hetero) is 1. The summed E-state index contributed by atoms with van der Waals surface area (Å²) in [5.41, 5.74) is 0. The lowest BCUT2D eigenvalue weighted by Crippen LogP contribution is -2.40. The number of nitrogens with zero attached hydrogens (tertiary/aromatic N) is 1. The van der Waals surface area contributed by atoms with Crippen molar-refractivity contribution >= 4 is 19.9 Å². The van der Waals surface area contributed by atoms with Crippen LogP contribution in [0.2, 0.25) is 0 Å². The van der Waals surface area contributed by atoms with Gasteiger partial charge in [0.25, 0.3) is 7.82 Å².